The third-order valence-electron chi connectivity index (χ3n) is 5.59. The zero-order valence-electron chi connectivity index (χ0n) is 16.4. The lowest BCUT2D eigenvalue weighted by Crippen LogP contribution is -2.35. The molecule has 1 fully saturated rings. The average molecular weight is 420 g/mol. The van der Waals surface area contributed by atoms with E-state index in [0.29, 0.717) is 17.3 Å². The van der Waals surface area contributed by atoms with Crippen LogP contribution in [0, 0.1) is 0 Å². The fourth-order valence-electron chi connectivity index (χ4n) is 3.96. The van der Waals surface area contributed by atoms with Crippen LogP contribution in [0.5, 0.6) is 0 Å². The van der Waals surface area contributed by atoms with Crippen molar-refractivity contribution in [1.29, 1.82) is 0 Å². The number of H-pyrrole nitrogens is 2. The van der Waals surface area contributed by atoms with E-state index in [1.165, 1.54) is 0 Å². The van der Waals surface area contributed by atoms with Gasteiger partial charge in [0.2, 0.25) is 0 Å². The molecule has 0 radical (unpaired) electrons. The molecule has 0 aliphatic carbocycles. The molecule has 0 unspecified atom stereocenters. The highest BCUT2D eigenvalue weighted by Crippen LogP contribution is 2.24. The van der Waals surface area contributed by atoms with E-state index in [2.05, 4.69) is 26.1 Å². The number of aromatic amines is 2. The molecule has 1 aliphatic heterocycles. The number of rotatable bonds is 3. The second-order valence-electron chi connectivity index (χ2n) is 7.55. The van der Waals surface area contributed by atoms with Crippen molar-refractivity contribution in [3.8, 4) is 11.3 Å². The average Bonchev–Trinajstić information content (AvgIpc) is 3.35. The van der Waals surface area contributed by atoms with Gasteiger partial charge < -0.3 is 14.8 Å². The quantitative estimate of drug-likeness (QED) is 0.511. The van der Waals surface area contributed by atoms with E-state index in [1.807, 2.05) is 59.5 Å². The minimum absolute atomic E-state index is 0.0527. The Morgan fingerprint density at radius 1 is 0.967 bits per heavy atom. The second-order valence-corrected chi connectivity index (χ2v) is 7.99. The summed E-state index contributed by atoms with van der Waals surface area (Å²) in [4.78, 5) is 20.4. The number of nitrogens with zero attached hydrogens (tertiary/aromatic N) is 3. The number of halogens is 1. The lowest BCUT2D eigenvalue weighted by molar-refractivity contribution is 0.0762. The molecule has 0 saturated carbocycles. The number of amides is 1. The number of fused-ring (bicyclic) bond motifs is 1. The molecule has 1 saturated heterocycles. The van der Waals surface area contributed by atoms with Crippen LogP contribution in [0.1, 0.15) is 16.9 Å². The molecule has 4 aromatic rings. The molecule has 2 N–H and O–H groups in total. The number of anilines is 1. The number of carbonyl (C=O) groups excluding carboxylic acids is 1. The van der Waals surface area contributed by atoms with Gasteiger partial charge in [-0.3, -0.25) is 9.89 Å². The van der Waals surface area contributed by atoms with Gasteiger partial charge in [0.15, 0.2) is 5.82 Å². The van der Waals surface area contributed by atoms with E-state index in [0.717, 1.165) is 54.0 Å². The summed E-state index contributed by atoms with van der Waals surface area (Å²) in [7, 11) is 0. The third kappa shape index (κ3) is 3.66. The molecule has 2 aromatic heterocycles. The molecule has 30 heavy (non-hydrogen) atoms. The zero-order valence-corrected chi connectivity index (χ0v) is 17.2. The molecular formula is C23H22ClN5O. The summed E-state index contributed by atoms with van der Waals surface area (Å²) in [6.45, 7) is 3.01. The van der Waals surface area contributed by atoms with Gasteiger partial charge in [-0.15, -0.1) is 0 Å². The number of aromatic nitrogens is 3. The van der Waals surface area contributed by atoms with E-state index in [4.69, 9.17) is 11.6 Å². The van der Waals surface area contributed by atoms with E-state index in [-0.39, 0.29) is 5.91 Å². The van der Waals surface area contributed by atoms with Gasteiger partial charge in [0.1, 0.15) is 5.69 Å². The molecule has 6 nitrogen and oxygen atoms in total. The summed E-state index contributed by atoms with van der Waals surface area (Å²) in [6.07, 6.45) is 0.898. The Bertz CT molecular complexity index is 1150. The Balaban J connectivity index is 1.28. The number of nitrogens with one attached hydrogen (secondary N) is 2. The second kappa shape index (κ2) is 7.88. The number of hydrogen-bond acceptors (Lipinski definition) is 3. The first-order valence-corrected chi connectivity index (χ1v) is 10.5. The third-order valence-corrected chi connectivity index (χ3v) is 5.84. The lowest BCUT2D eigenvalue weighted by atomic mass is 10.1. The Morgan fingerprint density at radius 3 is 2.63 bits per heavy atom. The van der Waals surface area contributed by atoms with Gasteiger partial charge in [0.25, 0.3) is 5.91 Å². The van der Waals surface area contributed by atoms with Crippen molar-refractivity contribution in [3.05, 3.63) is 71.4 Å². The Morgan fingerprint density at radius 2 is 1.80 bits per heavy atom. The minimum atomic E-state index is 0.0527. The number of hydrogen-bond donors (Lipinski definition) is 2. The summed E-state index contributed by atoms with van der Waals surface area (Å²) in [5.41, 5.74) is 3.64. The lowest BCUT2D eigenvalue weighted by Gasteiger charge is -2.21. The van der Waals surface area contributed by atoms with Crippen LogP contribution in [0.15, 0.2) is 60.7 Å². The monoisotopic (exact) mass is 419 g/mol. The van der Waals surface area contributed by atoms with Crippen molar-refractivity contribution >= 4 is 34.2 Å². The molecule has 7 heteroatoms. The van der Waals surface area contributed by atoms with Gasteiger partial charge in [-0.25, -0.2) is 0 Å². The number of para-hydroxylation sites is 1. The largest absolute Gasteiger partial charge is 0.353 e. The van der Waals surface area contributed by atoms with Crippen LogP contribution in [0.4, 0.5) is 5.82 Å². The first-order chi connectivity index (χ1) is 14.7. The highest BCUT2D eigenvalue weighted by Gasteiger charge is 2.22. The van der Waals surface area contributed by atoms with Crippen molar-refractivity contribution in [2.45, 2.75) is 6.42 Å². The van der Waals surface area contributed by atoms with Crippen molar-refractivity contribution in [2.75, 3.05) is 31.1 Å². The molecular weight excluding hydrogens is 398 g/mol. The predicted molar refractivity (Wildman–Crippen MR) is 120 cm³/mol. The highest BCUT2D eigenvalue weighted by molar-refractivity contribution is 6.30. The molecule has 0 atom stereocenters. The maximum absolute atomic E-state index is 13.0. The predicted octanol–water partition coefficient (Wildman–Crippen LogP) is 4.56. The van der Waals surface area contributed by atoms with Crippen molar-refractivity contribution in [1.82, 2.24) is 20.1 Å². The van der Waals surface area contributed by atoms with Gasteiger partial charge in [0, 0.05) is 48.2 Å². The normalized spacial score (nSPS) is 14.8. The molecule has 1 aliphatic rings. The van der Waals surface area contributed by atoms with Crippen LogP contribution in [-0.2, 0) is 0 Å². The maximum Gasteiger partial charge on any atom is 0.270 e. The van der Waals surface area contributed by atoms with Gasteiger partial charge in [-0.2, -0.15) is 5.10 Å². The minimum Gasteiger partial charge on any atom is -0.353 e. The topological polar surface area (TPSA) is 68.0 Å². The van der Waals surface area contributed by atoms with Crippen LogP contribution in [0.2, 0.25) is 5.02 Å². The van der Waals surface area contributed by atoms with Crippen molar-refractivity contribution in [2.24, 2.45) is 0 Å². The van der Waals surface area contributed by atoms with E-state index >= 15 is 0 Å². The fourth-order valence-corrected chi connectivity index (χ4v) is 4.09. The number of benzene rings is 2. The van der Waals surface area contributed by atoms with Crippen LogP contribution in [0.25, 0.3) is 22.2 Å². The highest BCUT2D eigenvalue weighted by atomic mass is 35.5. The Hall–Kier alpha value is -3.25. The van der Waals surface area contributed by atoms with Gasteiger partial charge in [0.05, 0.1) is 5.69 Å². The molecule has 5 rings (SSSR count). The molecule has 1 amide bonds. The van der Waals surface area contributed by atoms with Crippen LogP contribution in [-0.4, -0.2) is 52.2 Å². The summed E-state index contributed by atoms with van der Waals surface area (Å²) < 4.78 is 0. The summed E-state index contributed by atoms with van der Waals surface area (Å²) in [6, 6.07) is 19.6. The SMILES string of the molecule is O=C(c1cc2ccccc2[nH]1)N1CCCN(c2cc(-c3ccc(Cl)cc3)[nH]n2)CC1. The Kier molecular flexibility index (Phi) is 4.93. The van der Waals surface area contributed by atoms with E-state index in [1.54, 1.807) is 0 Å². The molecule has 0 bridgehead atoms. The summed E-state index contributed by atoms with van der Waals surface area (Å²) in [5.74, 6) is 0.955. The zero-order chi connectivity index (χ0) is 20.5. The van der Waals surface area contributed by atoms with E-state index in [9.17, 15) is 4.79 Å². The van der Waals surface area contributed by atoms with Gasteiger partial charge in [-0.05, 0) is 36.2 Å². The molecule has 0 spiro atoms. The van der Waals surface area contributed by atoms with E-state index < -0.39 is 0 Å². The molecule has 2 aromatic carbocycles. The van der Waals surface area contributed by atoms with Crippen LogP contribution >= 0.6 is 11.6 Å². The van der Waals surface area contributed by atoms with Gasteiger partial charge in [-0.1, -0.05) is 41.9 Å². The van der Waals surface area contributed by atoms with Crippen molar-refractivity contribution < 1.29 is 4.79 Å². The van der Waals surface area contributed by atoms with Crippen molar-refractivity contribution in [3.63, 3.8) is 0 Å². The standard InChI is InChI=1S/C23H22ClN5O/c24-18-8-6-16(7-9-18)20-15-22(27-26-20)28-10-3-11-29(13-12-28)23(30)21-14-17-4-1-2-5-19(17)25-21/h1-2,4-9,14-15,25H,3,10-13H2,(H,26,27). The Labute approximate surface area is 179 Å². The smallest absolute Gasteiger partial charge is 0.270 e. The fraction of sp³-hybridized carbons (Fsp3) is 0.217. The maximum atomic E-state index is 13.0. The first kappa shape index (κ1) is 18.8. The number of carbonyl (C=O) groups is 1. The summed E-state index contributed by atoms with van der Waals surface area (Å²) >= 11 is 5.98. The summed E-state index contributed by atoms with van der Waals surface area (Å²) in [5, 5.41) is 9.38. The van der Waals surface area contributed by atoms with Gasteiger partial charge >= 0.3 is 0 Å². The molecule has 3 heterocycles. The first-order valence-electron chi connectivity index (χ1n) is 10.1. The molecule has 152 valence electrons. The van der Waals surface area contributed by atoms with Crippen LogP contribution < -0.4 is 4.90 Å². The van der Waals surface area contributed by atoms with Crippen LogP contribution in [0.3, 0.4) is 0 Å².